The number of carbonyl (C=O) groups is 3. The van der Waals surface area contributed by atoms with Crippen molar-refractivity contribution in [1.82, 2.24) is 0 Å². The zero-order valence-electron chi connectivity index (χ0n) is 44.0. The molecule has 66 heavy (non-hydrogen) atoms. The van der Waals surface area contributed by atoms with E-state index < -0.39 is 6.10 Å². The smallest absolute Gasteiger partial charge is 0.306 e. The van der Waals surface area contributed by atoms with Crippen LogP contribution in [0.25, 0.3) is 0 Å². The third-order valence-electron chi connectivity index (χ3n) is 12.6. The minimum Gasteiger partial charge on any atom is -0.462 e. The largest absolute Gasteiger partial charge is 0.462 e. The first-order valence-corrected chi connectivity index (χ1v) is 28.6. The van der Waals surface area contributed by atoms with E-state index in [1.807, 2.05) is 0 Å². The standard InChI is InChI=1S/C60H108O6/c1-4-7-10-13-16-19-22-25-27-29-30-31-33-35-38-41-44-47-50-53-59(62)65-56-57(55-64-58(61)52-49-46-43-40-37-34-24-21-18-15-12-9-6-3)66-60(63)54-51-48-45-42-39-36-32-28-26-23-20-17-14-11-8-5-2/h8,11,17,20,26,28,36,39,57H,4-7,9-10,12-16,18-19,21-25,27,29-35,37-38,40-56H2,1-3H3/b11-8-,20-17-,28-26-,39-36-. The summed E-state index contributed by atoms with van der Waals surface area (Å²) < 4.78 is 16.8. The summed E-state index contributed by atoms with van der Waals surface area (Å²) in [6, 6.07) is 0. The first-order chi connectivity index (χ1) is 32.5. The van der Waals surface area contributed by atoms with Crippen LogP contribution in [0.4, 0.5) is 0 Å². The number of allylic oxidation sites excluding steroid dienone is 8. The molecule has 0 saturated carbocycles. The second kappa shape index (κ2) is 55.0. The van der Waals surface area contributed by atoms with Gasteiger partial charge in [0.15, 0.2) is 6.10 Å². The van der Waals surface area contributed by atoms with Gasteiger partial charge in [-0.15, -0.1) is 0 Å². The van der Waals surface area contributed by atoms with Crippen molar-refractivity contribution < 1.29 is 28.6 Å². The number of hydrogen-bond donors (Lipinski definition) is 0. The highest BCUT2D eigenvalue weighted by Gasteiger charge is 2.19. The van der Waals surface area contributed by atoms with Crippen LogP contribution in [-0.2, 0) is 28.6 Å². The van der Waals surface area contributed by atoms with E-state index in [1.54, 1.807) is 0 Å². The second-order valence-electron chi connectivity index (χ2n) is 19.2. The molecular weight excluding hydrogens is 817 g/mol. The van der Waals surface area contributed by atoms with Gasteiger partial charge in [0.05, 0.1) is 0 Å². The molecule has 6 heteroatoms. The van der Waals surface area contributed by atoms with Crippen LogP contribution in [0.15, 0.2) is 48.6 Å². The monoisotopic (exact) mass is 925 g/mol. The molecule has 0 aromatic rings. The molecule has 0 saturated heterocycles. The molecule has 0 aliphatic heterocycles. The maximum Gasteiger partial charge on any atom is 0.306 e. The molecule has 6 nitrogen and oxygen atoms in total. The van der Waals surface area contributed by atoms with E-state index >= 15 is 0 Å². The molecule has 0 rings (SSSR count). The predicted octanol–water partition coefficient (Wildman–Crippen LogP) is 19.0. The van der Waals surface area contributed by atoms with Crippen LogP contribution in [0.1, 0.15) is 297 Å². The van der Waals surface area contributed by atoms with Crippen molar-refractivity contribution in [1.29, 1.82) is 0 Å². The van der Waals surface area contributed by atoms with Crippen LogP contribution in [0, 0.1) is 0 Å². The average molecular weight is 926 g/mol. The van der Waals surface area contributed by atoms with Crippen molar-refractivity contribution in [2.75, 3.05) is 13.2 Å². The fourth-order valence-corrected chi connectivity index (χ4v) is 8.32. The van der Waals surface area contributed by atoms with Crippen molar-refractivity contribution >= 4 is 17.9 Å². The number of unbranched alkanes of at least 4 members (excludes halogenated alkanes) is 33. The van der Waals surface area contributed by atoms with Crippen molar-refractivity contribution in [3.8, 4) is 0 Å². The lowest BCUT2D eigenvalue weighted by Gasteiger charge is -2.18. The van der Waals surface area contributed by atoms with Crippen LogP contribution in [0.2, 0.25) is 0 Å². The maximum absolute atomic E-state index is 12.8. The molecule has 0 aromatic heterocycles. The molecule has 0 aliphatic rings. The topological polar surface area (TPSA) is 78.9 Å². The van der Waals surface area contributed by atoms with Crippen molar-refractivity contribution in [3.05, 3.63) is 48.6 Å². The summed E-state index contributed by atoms with van der Waals surface area (Å²) in [5.41, 5.74) is 0. The summed E-state index contributed by atoms with van der Waals surface area (Å²) in [6.45, 7) is 6.54. The minimum absolute atomic E-state index is 0.0818. The lowest BCUT2D eigenvalue weighted by Crippen LogP contribution is -2.30. The van der Waals surface area contributed by atoms with Crippen LogP contribution >= 0.6 is 0 Å². The fraction of sp³-hybridized carbons (Fsp3) is 0.817. The molecule has 384 valence electrons. The summed E-state index contributed by atoms with van der Waals surface area (Å²) in [7, 11) is 0. The highest BCUT2D eigenvalue weighted by Crippen LogP contribution is 2.17. The lowest BCUT2D eigenvalue weighted by atomic mass is 10.0. The summed E-state index contributed by atoms with van der Waals surface area (Å²) >= 11 is 0. The van der Waals surface area contributed by atoms with Gasteiger partial charge in [-0.25, -0.2) is 0 Å². The first-order valence-electron chi connectivity index (χ1n) is 28.6. The van der Waals surface area contributed by atoms with Crippen molar-refractivity contribution in [3.63, 3.8) is 0 Å². The Bertz CT molecular complexity index is 1150. The van der Waals surface area contributed by atoms with Gasteiger partial charge in [-0.2, -0.15) is 0 Å². The van der Waals surface area contributed by atoms with Gasteiger partial charge in [-0.3, -0.25) is 14.4 Å². The van der Waals surface area contributed by atoms with E-state index in [2.05, 4.69) is 69.4 Å². The molecule has 0 heterocycles. The van der Waals surface area contributed by atoms with Crippen LogP contribution < -0.4 is 0 Å². The Balaban J connectivity index is 4.36. The molecule has 0 radical (unpaired) electrons. The van der Waals surface area contributed by atoms with Gasteiger partial charge < -0.3 is 14.2 Å². The van der Waals surface area contributed by atoms with Crippen LogP contribution in [-0.4, -0.2) is 37.2 Å². The lowest BCUT2D eigenvalue weighted by molar-refractivity contribution is -0.167. The van der Waals surface area contributed by atoms with Gasteiger partial charge in [0.25, 0.3) is 0 Å². The van der Waals surface area contributed by atoms with E-state index in [4.69, 9.17) is 14.2 Å². The van der Waals surface area contributed by atoms with E-state index in [0.717, 1.165) is 89.9 Å². The van der Waals surface area contributed by atoms with E-state index in [0.29, 0.717) is 19.3 Å². The van der Waals surface area contributed by atoms with Gasteiger partial charge in [-0.05, 0) is 57.8 Å². The van der Waals surface area contributed by atoms with Crippen LogP contribution in [0.3, 0.4) is 0 Å². The Morgan fingerprint density at radius 3 is 0.924 bits per heavy atom. The third-order valence-corrected chi connectivity index (χ3v) is 12.6. The van der Waals surface area contributed by atoms with Gasteiger partial charge >= 0.3 is 17.9 Å². The number of carbonyl (C=O) groups excluding carboxylic acids is 3. The Kier molecular flexibility index (Phi) is 52.8. The van der Waals surface area contributed by atoms with Crippen LogP contribution in [0.5, 0.6) is 0 Å². The molecule has 1 atom stereocenters. The Labute approximate surface area is 409 Å². The van der Waals surface area contributed by atoms with Gasteiger partial charge in [0, 0.05) is 19.3 Å². The van der Waals surface area contributed by atoms with Gasteiger partial charge in [0.2, 0.25) is 0 Å². The minimum atomic E-state index is -0.786. The third kappa shape index (κ3) is 52.3. The molecule has 0 bridgehead atoms. The fourth-order valence-electron chi connectivity index (χ4n) is 8.32. The zero-order chi connectivity index (χ0) is 47.9. The predicted molar refractivity (Wildman–Crippen MR) is 284 cm³/mol. The second-order valence-corrected chi connectivity index (χ2v) is 19.2. The molecule has 1 unspecified atom stereocenters. The summed E-state index contributed by atoms with van der Waals surface area (Å²) in [5.74, 6) is -0.897. The summed E-state index contributed by atoms with van der Waals surface area (Å²) in [5, 5.41) is 0. The number of esters is 3. The zero-order valence-corrected chi connectivity index (χ0v) is 44.0. The van der Waals surface area contributed by atoms with Gasteiger partial charge in [-0.1, -0.05) is 268 Å². The Morgan fingerprint density at radius 1 is 0.318 bits per heavy atom. The highest BCUT2D eigenvalue weighted by atomic mass is 16.6. The number of rotatable bonds is 52. The molecule has 0 fully saturated rings. The van der Waals surface area contributed by atoms with Gasteiger partial charge in [0.1, 0.15) is 13.2 Å². The molecule has 0 amide bonds. The van der Waals surface area contributed by atoms with E-state index in [1.165, 1.54) is 167 Å². The Morgan fingerprint density at radius 2 is 0.591 bits per heavy atom. The quantitative estimate of drug-likeness (QED) is 0.0262. The van der Waals surface area contributed by atoms with E-state index in [9.17, 15) is 14.4 Å². The molecule has 0 aromatic carbocycles. The number of ether oxygens (including phenoxy) is 3. The maximum atomic E-state index is 12.8. The summed E-state index contributed by atoms with van der Waals surface area (Å²) in [4.78, 5) is 38.1. The molecule has 0 N–H and O–H groups in total. The molecule has 0 spiro atoms. The van der Waals surface area contributed by atoms with E-state index in [-0.39, 0.29) is 31.1 Å². The average Bonchev–Trinajstić information content (AvgIpc) is 3.31. The van der Waals surface area contributed by atoms with Crippen molar-refractivity contribution in [2.45, 2.75) is 303 Å². The SMILES string of the molecule is CC/C=C\C/C=C\C/C=C\C/C=C\CCCCCC(=O)OC(COC(=O)CCCCCCCCCCCCCCC)COC(=O)CCCCCCCCCCCCCCCCCCCCC. The first kappa shape index (κ1) is 63.4. The highest BCUT2D eigenvalue weighted by molar-refractivity contribution is 5.71. The molecule has 0 aliphatic carbocycles. The normalized spacial score (nSPS) is 12.3. The van der Waals surface area contributed by atoms with Crippen molar-refractivity contribution in [2.24, 2.45) is 0 Å². The summed E-state index contributed by atoms with van der Waals surface area (Å²) in [6.07, 6.45) is 66.7. The Hall–Kier alpha value is -2.63. The number of hydrogen-bond acceptors (Lipinski definition) is 6. The molecular formula is C60H108O6.